The van der Waals surface area contributed by atoms with Crippen molar-refractivity contribution in [1.29, 1.82) is 0 Å². The molecule has 2 aromatic heterocycles. The standard InChI is InChI=1S/C16H17ClN4O/c17-12-6-7-14(19-11-12)20-16(22)13-5-4-8-18-15(13)21-9-2-1-3-10-21/h4-8,11H,1-3,9-10H2,(H,19,20,22). The van der Waals surface area contributed by atoms with Crippen molar-refractivity contribution in [2.45, 2.75) is 19.3 Å². The van der Waals surface area contributed by atoms with Gasteiger partial charge in [0, 0.05) is 25.5 Å². The van der Waals surface area contributed by atoms with E-state index in [0.717, 1.165) is 31.7 Å². The van der Waals surface area contributed by atoms with Gasteiger partial charge in [-0.15, -0.1) is 0 Å². The molecule has 0 atom stereocenters. The third kappa shape index (κ3) is 3.36. The molecule has 1 saturated heterocycles. The number of amides is 1. The molecule has 114 valence electrons. The molecule has 0 bridgehead atoms. The van der Waals surface area contributed by atoms with Gasteiger partial charge in [0.25, 0.3) is 5.91 Å². The molecule has 3 rings (SSSR count). The van der Waals surface area contributed by atoms with Crippen molar-refractivity contribution >= 4 is 29.1 Å². The molecular formula is C16H17ClN4O. The highest BCUT2D eigenvalue weighted by Gasteiger charge is 2.19. The minimum absolute atomic E-state index is 0.205. The summed E-state index contributed by atoms with van der Waals surface area (Å²) in [4.78, 5) is 23.2. The quantitative estimate of drug-likeness (QED) is 0.943. The first-order chi connectivity index (χ1) is 10.7. The number of carbonyl (C=O) groups is 1. The summed E-state index contributed by atoms with van der Waals surface area (Å²) >= 11 is 5.80. The van der Waals surface area contributed by atoms with E-state index in [-0.39, 0.29) is 5.91 Å². The van der Waals surface area contributed by atoms with Crippen LogP contribution in [-0.2, 0) is 0 Å². The predicted molar refractivity (Wildman–Crippen MR) is 87.5 cm³/mol. The highest BCUT2D eigenvalue weighted by Crippen LogP contribution is 2.22. The second-order valence-corrected chi connectivity index (χ2v) is 5.67. The van der Waals surface area contributed by atoms with Crippen LogP contribution in [0.4, 0.5) is 11.6 Å². The van der Waals surface area contributed by atoms with Crippen molar-refractivity contribution in [3.05, 3.63) is 47.2 Å². The molecule has 1 N–H and O–H groups in total. The molecule has 0 unspecified atom stereocenters. The molecular weight excluding hydrogens is 300 g/mol. The molecule has 0 aromatic carbocycles. The molecule has 6 heteroatoms. The first-order valence-electron chi connectivity index (χ1n) is 7.37. The molecule has 0 saturated carbocycles. The predicted octanol–water partition coefficient (Wildman–Crippen LogP) is 3.37. The largest absolute Gasteiger partial charge is 0.356 e. The number of rotatable bonds is 3. The molecule has 0 radical (unpaired) electrons. The molecule has 0 aliphatic carbocycles. The average Bonchev–Trinajstić information content (AvgIpc) is 2.58. The maximum Gasteiger partial charge on any atom is 0.260 e. The van der Waals surface area contributed by atoms with E-state index < -0.39 is 0 Å². The van der Waals surface area contributed by atoms with Gasteiger partial charge in [0.05, 0.1) is 10.6 Å². The summed E-state index contributed by atoms with van der Waals surface area (Å²) in [5.41, 5.74) is 0.571. The molecule has 2 aromatic rings. The Morgan fingerprint density at radius 2 is 1.95 bits per heavy atom. The van der Waals surface area contributed by atoms with Crippen LogP contribution in [0.25, 0.3) is 0 Å². The third-order valence-electron chi connectivity index (χ3n) is 3.66. The van der Waals surface area contributed by atoms with Crippen LogP contribution in [0.3, 0.4) is 0 Å². The fourth-order valence-electron chi connectivity index (χ4n) is 2.57. The van der Waals surface area contributed by atoms with Crippen LogP contribution in [0.1, 0.15) is 29.6 Å². The monoisotopic (exact) mass is 316 g/mol. The summed E-state index contributed by atoms with van der Waals surface area (Å²) in [7, 11) is 0. The minimum atomic E-state index is -0.205. The highest BCUT2D eigenvalue weighted by atomic mass is 35.5. The van der Waals surface area contributed by atoms with Gasteiger partial charge in [-0.25, -0.2) is 9.97 Å². The SMILES string of the molecule is O=C(Nc1ccc(Cl)cn1)c1cccnc1N1CCCCC1. The van der Waals surface area contributed by atoms with Crippen LogP contribution in [0.15, 0.2) is 36.7 Å². The lowest BCUT2D eigenvalue weighted by atomic mass is 10.1. The maximum absolute atomic E-state index is 12.5. The van der Waals surface area contributed by atoms with Gasteiger partial charge in [-0.05, 0) is 43.5 Å². The minimum Gasteiger partial charge on any atom is -0.356 e. The van der Waals surface area contributed by atoms with Crippen molar-refractivity contribution in [1.82, 2.24) is 9.97 Å². The van der Waals surface area contributed by atoms with Crippen LogP contribution >= 0.6 is 11.6 Å². The van der Waals surface area contributed by atoms with Crippen molar-refractivity contribution in [3.8, 4) is 0 Å². The second-order valence-electron chi connectivity index (χ2n) is 5.24. The number of hydrogen-bond acceptors (Lipinski definition) is 4. The van der Waals surface area contributed by atoms with Crippen LogP contribution in [0, 0.1) is 0 Å². The Kier molecular flexibility index (Phi) is 4.53. The van der Waals surface area contributed by atoms with Crippen LogP contribution < -0.4 is 10.2 Å². The lowest BCUT2D eigenvalue weighted by Gasteiger charge is -2.29. The summed E-state index contributed by atoms with van der Waals surface area (Å²) < 4.78 is 0. The van der Waals surface area contributed by atoms with E-state index >= 15 is 0 Å². The first-order valence-corrected chi connectivity index (χ1v) is 7.75. The topological polar surface area (TPSA) is 58.1 Å². The van der Waals surface area contributed by atoms with Crippen LogP contribution in [0.2, 0.25) is 5.02 Å². The van der Waals surface area contributed by atoms with Gasteiger partial charge in [-0.1, -0.05) is 11.6 Å². The Bertz CT molecular complexity index is 653. The number of nitrogens with zero attached hydrogens (tertiary/aromatic N) is 3. The Labute approximate surface area is 134 Å². The van der Waals surface area contributed by atoms with Crippen LogP contribution in [-0.4, -0.2) is 29.0 Å². The summed E-state index contributed by atoms with van der Waals surface area (Å²) in [5.74, 6) is 1.01. The molecule has 22 heavy (non-hydrogen) atoms. The van der Waals surface area contributed by atoms with Crippen molar-refractivity contribution in [3.63, 3.8) is 0 Å². The van der Waals surface area contributed by atoms with E-state index in [4.69, 9.17) is 11.6 Å². The second kappa shape index (κ2) is 6.75. The Morgan fingerprint density at radius 3 is 2.68 bits per heavy atom. The molecule has 1 aliphatic rings. The number of pyridine rings is 2. The van der Waals surface area contributed by atoms with Gasteiger partial charge >= 0.3 is 0 Å². The molecule has 1 aliphatic heterocycles. The molecule has 5 nitrogen and oxygen atoms in total. The van der Waals surface area contributed by atoms with Crippen molar-refractivity contribution < 1.29 is 4.79 Å². The van der Waals surface area contributed by atoms with Crippen LogP contribution in [0.5, 0.6) is 0 Å². The zero-order chi connectivity index (χ0) is 15.4. The molecule has 1 amide bonds. The summed E-state index contributed by atoms with van der Waals surface area (Å²) in [6.07, 6.45) is 6.74. The third-order valence-corrected chi connectivity index (χ3v) is 3.88. The van der Waals surface area contributed by atoms with Crippen molar-refractivity contribution in [2.24, 2.45) is 0 Å². The Morgan fingerprint density at radius 1 is 1.14 bits per heavy atom. The first kappa shape index (κ1) is 14.8. The number of hydrogen-bond donors (Lipinski definition) is 1. The highest BCUT2D eigenvalue weighted by molar-refractivity contribution is 6.30. The van der Waals surface area contributed by atoms with Gasteiger partial charge in [0.2, 0.25) is 0 Å². The van der Waals surface area contributed by atoms with Gasteiger partial charge in [-0.2, -0.15) is 0 Å². The number of nitrogens with one attached hydrogen (secondary N) is 1. The zero-order valence-electron chi connectivity index (χ0n) is 12.1. The number of halogens is 1. The number of aromatic nitrogens is 2. The van der Waals surface area contributed by atoms with Gasteiger partial charge in [-0.3, -0.25) is 4.79 Å². The summed E-state index contributed by atoms with van der Waals surface area (Å²) in [6, 6.07) is 6.94. The van der Waals surface area contributed by atoms with E-state index in [1.165, 1.54) is 12.6 Å². The van der Waals surface area contributed by atoms with Gasteiger partial charge < -0.3 is 10.2 Å². The maximum atomic E-state index is 12.5. The van der Waals surface area contributed by atoms with E-state index in [9.17, 15) is 4.79 Å². The smallest absolute Gasteiger partial charge is 0.260 e. The lowest BCUT2D eigenvalue weighted by Crippen LogP contribution is -2.32. The Balaban J connectivity index is 1.81. The lowest BCUT2D eigenvalue weighted by molar-refractivity contribution is 0.102. The van der Waals surface area contributed by atoms with E-state index in [2.05, 4.69) is 20.2 Å². The van der Waals surface area contributed by atoms with E-state index in [1.807, 2.05) is 0 Å². The number of carbonyl (C=O) groups excluding carboxylic acids is 1. The Hall–Kier alpha value is -2.14. The average molecular weight is 317 g/mol. The normalized spacial score (nSPS) is 14.7. The summed E-state index contributed by atoms with van der Waals surface area (Å²) in [6.45, 7) is 1.88. The summed E-state index contributed by atoms with van der Waals surface area (Å²) in [5, 5.41) is 3.33. The van der Waals surface area contributed by atoms with Crippen molar-refractivity contribution in [2.75, 3.05) is 23.3 Å². The molecule has 0 spiro atoms. The fraction of sp³-hybridized carbons (Fsp3) is 0.312. The van der Waals surface area contributed by atoms with E-state index in [0.29, 0.717) is 16.4 Å². The molecule has 3 heterocycles. The van der Waals surface area contributed by atoms with E-state index in [1.54, 1.807) is 30.5 Å². The van der Waals surface area contributed by atoms with Gasteiger partial charge in [0.15, 0.2) is 0 Å². The zero-order valence-corrected chi connectivity index (χ0v) is 12.9. The number of anilines is 2. The fourth-order valence-corrected chi connectivity index (χ4v) is 2.68. The number of piperidine rings is 1. The van der Waals surface area contributed by atoms with Gasteiger partial charge in [0.1, 0.15) is 11.6 Å². The molecule has 1 fully saturated rings.